The van der Waals surface area contributed by atoms with Crippen LogP contribution >= 0.6 is 0 Å². The molecule has 1 aliphatic heterocycles. The van der Waals surface area contributed by atoms with E-state index in [2.05, 4.69) is 16.8 Å². The van der Waals surface area contributed by atoms with Crippen molar-refractivity contribution in [1.29, 1.82) is 0 Å². The number of primary amides is 1. The summed E-state index contributed by atoms with van der Waals surface area (Å²) in [6.07, 6.45) is 1.60. The Hall–Kier alpha value is -1.62. The van der Waals surface area contributed by atoms with E-state index in [9.17, 15) is 4.79 Å². The van der Waals surface area contributed by atoms with Crippen molar-refractivity contribution in [2.24, 2.45) is 17.4 Å². The molecule has 0 aromatic carbocycles. The maximum atomic E-state index is 11.0. The van der Waals surface area contributed by atoms with Gasteiger partial charge in [-0.2, -0.15) is 0 Å². The first-order chi connectivity index (χ1) is 7.58. The zero-order valence-corrected chi connectivity index (χ0v) is 9.26. The monoisotopic (exact) mass is 220 g/mol. The van der Waals surface area contributed by atoms with Crippen molar-refractivity contribution in [1.82, 2.24) is 4.98 Å². The number of carbonyl (C=O) groups is 1. The van der Waals surface area contributed by atoms with Crippen LogP contribution in [-0.2, 0) is 0 Å². The van der Waals surface area contributed by atoms with Crippen molar-refractivity contribution in [2.75, 3.05) is 18.0 Å². The molecule has 1 aliphatic rings. The molecule has 0 spiro atoms. The molecule has 0 saturated carbocycles. The third-order valence-corrected chi connectivity index (χ3v) is 3.03. The largest absolute Gasteiger partial charge is 0.370 e. The fourth-order valence-electron chi connectivity index (χ4n) is 1.95. The van der Waals surface area contributed by atoms with E-state index in [0.717, 1.165) is 18.8 Å². The average Bonchev–Trinajstić information content (AvgIpc) is 2.59. The van der Waals surface area contributed by atoms with E-state index in [1.165, 1.54) is 0 Å². The average molecular weight is 220 g/mol. The summed E-state index contributed by atoms with van der Waals surface area (Å²) >= 11 is 0. The van der Waals surface area contributed by atoms with Gasteiger partial charge in [0.2, 0.25) is 0 Å². The number of rotatable bonds is 2. The van der Waals surface area contributed by atoms with Gasteiger partial charge in [0, 0.05) is 31.0 Å². The molecular formula is C11H16N4O. The Balaban J connectivity index is 2.21. The van der Waals surface area contributed by atoms with E-state index in [-0.39, 0.29) is 6.04 Å². The summed E-state index contributed by atoms with van der Waals surface area (Å²) in [7, 11) is 0. The molecule has 2 unspecified atom stereocenters. The van der Waals surface area contributed by atoms with Gasteiger partial charge in [0.05, 0.1) is 0 Å². The van der Waals surface area contributed by atoms with E-state index < -0.39 is 5.91 Å². The lowest BCUT2D eigenvalue weighted by Crippen LogP contribution is -2.28. The molecule has 1 fully saturated rings. The Labute approximate surface area is 94.4 Å². The molecule has 86 valence electrons. The smallest absolute Gasteiger partial charge is 0.267 e. The van der Waals surface area contributed by atoms with Gasteiger partial charge in [-0.3, -0.25) is 9.78 Å². The Morgan fingerprint density at radius 1 is 1.56 bits per heavy atom. The summed E-state index contributed by atoms with van der Waals surface area (Å²) < 4.78 is 0. The Kier molecular flexibility index (Phi) is 2.78. The second-order valence-electron chi connectivity index (χ2n) is 4.31. The number of nitrogens with two attached hydrogens (primary N) is 2. The van der Waals surface area contributed by atoms with Gasteiger partial charge in [0.15, 0.2) is 0 Å². The minimum absolute atomic E-state index is 0.185. The van der Waals surface area contributed by atoms with Gasteiger partial charge in [-0.15, -0.1) is 0 Å². The first-order valence-corrected chi connectivity index (χ1v) is 5.34. The Morgan fingerprint density at radius 3 is 2.88 bits per heavy atom. The van der Waals surface area contributed by atoms with Crippen LogP contribution in [0, 0.1) is 5.92 Å². The highest BCUT2D eigenvalue weighted by Crippen LogP contribution is 2.22. The maximum Gasteiger partial charge on any atom is 0.267 e. The van der Waals surface area contributed by atoms with Crippen molar-refractivity contribution < 1.29 is 4.79 Å². The van der Waals surface area contributed by atoms with Crippen LogP contribution in [0.5, 0.6) is 0 Å². The quantitative estimate of drug-likeness (QED) is 0.732. The van der Waals surface area contributed by atoms with Crippen LogP contribution in [0.3, 0.4) is 0 Å². The Morgan fingerprint density at radius 2 is 2.31 bits per heavy atom. The van der Waals surface area contributed by atoms with Crippen LogP contribution in [0.1, 0.15) is 17.4 Å². The van der Waals surface area contributed by atoms with E-state index in [0.29, 0.717) is 11.6 Å². The van der Waals surface area contributed by atoms with Crippen molar-refractivity contribution in [3.05, 3.63) is 24.0 Å². The summed E-state index contributed by atoms with van der Waals surface area (Å²) in [6.45, 7) is 3.84. The highest BCUT2D eigenvalue weighted by molar-refractivity contribution is 5.91. The SMILES string of the molecule is CC1CN(c2ccnc(C(N)=O)c2)CC1N. The van der Waals surface area contributed by atoms with Gasteiger partial charge in [-0.05, 0) is 18.1 Å². The highest BCUT2D eigenvalue weighted by atomic mass is 16.1. The van der Waals surface area contributed by atoms with E-state index >= 15 is 0 Å². The lowest BCUT2D eigenvalue weighted by atomic mass is 10.1. The normalized spacial score (nSPS) is 24.8. The molecule has 1 saturated heterocycles. The zero-order valence-electron chi connectivity index (χ0n) is 9.26. The van der Waals surface area contributed by atoms with Gasteiger partial charge in [0.25, 0.3) is 5.91 Å². The summed E-state index contributed by atoms with van der Waals surface area (Å²) in [5, 5.41) is 0. The Bertz CT molecular complexity index is 397. The van der Waals surface area contributed by atoms with Gasteiger partial charge in [-0.25, -0.2) is 0 Å². The number of carbonyl (C=O) groups excluding carboxylic acids is 1. The third kappa shape index (κ3) is 1.99. The first-order valence-electron chi connectivity index (χ1n) is 5.34. The molecular weight excluding hydrogens is 204 g/mol. The standard InChI is InChI=1S/C11H16N4O/c1-7-5-15(6-9(7)12)8-2-3-14-10(4-8)11(13)16/h2-4,7,9H,5-6,12H2,1H3,(H2,13,16). The van der Waals surface area contributed by atoms with Crippen LogP contribution in [0.25, 0.3) is 0 Å². The summed E-state index contributed by atoms with van der Waals surface area (Å²) in [4.78, 5) is 17.1. The first kappa shape index (κ1) is 10.9. The van der Waals surface area contributed by atoms with E-state index in [1.807, 2.05) is 6.07 Å². The van der Waals surface area contributed by atoms with Crippen LogP contribution < -0.4 is 16.4 Å². The fraction of sp³-hybridized carbons (Fsp3) is 0.455. The second-order valence-corrected chi connectivity index (χ2v) is 4.31. The zero-order chi connectivity index (χ0) is 11.7. The highest BCUT2D eigenvalue weighted by Gasteiger charge is 2.26. The van der Waals surface area contributed by atoms with Gasteiger partial charge in [-0.1, -0.05) is 6.92 Å². The maximum absolute atomic E-state index is 11.0. The molecule has 16 heavy (non-hydrogen) atoms. The summed E-state index contributed by atoms with van der Waals surface area (Å²) in [5.41, 5.74) is 12.4. The molecule has 5 heteroatoms. The predicted molar refractivity (Wildman–Crippen MR) is 62.1 cm³/mol. The van der Waals surface area contributed by atoms with Crippen LogP contribution in [-0.4, -0.2) is 30.0 Å². The third-order valence-electron chi connectivity index (χ3n) is 3.03. The van der Waals surface area contributed by atoms with Gasteiger partial charge >= 0.3 is 0 Å². The van der Waals surface area contributed by atoms with Crippen molar-refractivity contribution >= 4 is 11.6 Å². The number of nitrogens with zero attached hydrogens (tertiary/aromatic N) is 2. The molecule has 2 rings (SSSR count). The van der Waals surface area contributed by atoms with E-state index in [4.69, 9.17) is 11.5 Å². The van der Waals surface area contributed by atoms with Crippen LogP contribution in [0.2, 0.25) is 0 Å². The van der Waals surface area contributed by atoms with Crippen LogP contribution in [0.4, 0.5) is 5.69 Å². The van der Waals surface area contributed by atoms with Crippen molar-refractivity contribution in [2.45, 2.75) is 13.0 Å². The lowest BCUT2D eigenvalue weighted by molar-refractivity contribution is 0.0995. The molecule has 2 atom stereocenters. The van der Waals surface area contributed by atoms with Crippen molar-refractivity contribution in [3.8, 4) is 0 Å². The molecule has 0 aliphatic carbocycles. The van der Waals surface area contributed by atoms with E-state index in [1.54, 1.807) is 12.3 Å². The van der Waals surface area contributed by atoms with Crippen molar-refractivity contribution in [3.63, 3.8) is 0 Å². The number of anilines is 1. The minimum Gasteiger partial charge on any atom is -0.370 e. The number of hydrogen-bond donors (Lipinski definition) is 2. The topological polar surface area (TPSA) is 85.2 Å². The number of hydrogen-bond acceptors (Lipinski definition) is 4. The number of aromatic nitrogens is 1. The summed E-state index contributed by atoms with van der Waals surface area (Å²) in [6, 6.07) is 3.77. The van der Waals surface area contributed by atoms with Crippen LogP contribution in [0.15, 0.2) is 18.3 Å². The van der Waals surface area contributed by atoms with Gasteiger partial charge < -0.3 is 16.4 Å². The molecule has 1 amide bonds. The molecule has 1 aromatic heterocycles. The number of amides is 1. The molecule has 0 radical (unpaired) electrons. The lowest BCUT2D eigenvalue weighted by Gasteiger charge is -2.18. The molecule has 2 heterocycles. The second kappa shape index (κ2) is 4.09. The molecule has 0 bridgehead atoms. The summed E-state index contributed by atoms with van der Waals surface area (Å²) in [5.74, 6) is -0.0383. The molecule has 5 nitrogen and oxygen atoms in total. The fourth-order valence-corrected chi connectivity index (χ4v) is 1.95. The molecule has 1 aromatic rings. The minimum atomic E-state index is -0.501. The molecule has 4 N–H and O–H groups in total. The number of pyridine rings is 1. The van der Waals surface area contributed by atoms with Gasteiger partial charge in [0.1, 0.15) is 5.69 Å². The predicted octanol–water partition coefficient (Wildman–Crippen LogP) is -0.0361.